The fourth-order valence-electron chi connectivity index (χ4n) is 3.42. The van der Waals surface area contributed by atoms with Crippen LogP contribution in [0.1, 0.15) is 39.0 Å². The highest BCUT2D eigenvalue weighted by atomic mass is 32.2. The standard InChI is InChI=1S/C18H26N2OS/c1-15-10-14-22-17-8-4-3-7-16(17)20(15)18(21)9-13-19-11-5-2-6-12-19/h3-4,7-8,15H,2,5-6,9-14H2,1H3. The fourth-order valence-corrected chi connectivity index (χ4v) is 4.59. The normalized spacial score (nSPS) is 23.0. The highest BCUT2D eigenvalue weighted by molar-refractivity contribution is 7.99. The molecule has 120 valence electrons. The lowest BCUT2D eigenvalue weighted by Crippen LogP contribution is -2.41. The fraction of sp³-hybridized carbons (Fsp3) is 0.611. The summed E-state index contributed by atoms with van der Waals surface area (Å²) in [4.78, 5) is 18.6. The van der Waals surface area contributed by atoms with Crippen molar-refractivity contribution in [3.63, 3.8) is 0 Å². The number of piperidine rings is 1. The lowest BCUT2D eigenvalue weighted by molar-refractivity contribution is -0.119. The minimum absolute atomic E-state index is 0.285. The highest BCUT2D eigenvalue weighted by Gasteiger charge is 2.26. The lowest BCUT2D eigenvalue weighted by Gasteiger charge is -2.31. The van der Waals surface area contributed by atoms with Crippen molar-refractivity contribution in [2.45, 2.75) is 50.0 Å². The molecule has 0 spiro atoms. The van der Waals surface area contributed by atoms with Crippen LogP contribution in [0, 0.1) is 0 Å². The van der Waals surface area contributed by atoms with Crippen molar-refractivity contribution in [1.82, 2.24) is 4.90 Å². The Hall–Kier alpha value is -1.00. The Morgan fingerprint density at radius 1 is 1.23 bits per heavy atom. The van der Waals surface area contributed by atoms with Gasteiger partial charge in [0.05, 0.1) is 5.69 Å². The molecule has 1 fully saturated rings. The van der Waals surface area contributed by atoms with Crippen LogP contribution >= 0.6 is 11.8 Å². The second-order valence-corrected chi connectivity index (χ2v) is 7.51. The minimum atomic E-state index is 0.285. The van der Waals surface area contributed by atoms with Gasteiger partial charge in [0.15, 0.2) is 0 Å². The molecule has 22 heavy (non-hydrogen) atoms. The number of carbonyl (C=O) groups is 1. The summed E-state index contributed by atoms with van der Waals surface area (Å²) in [6.45, 7) is 5.42. The molecule has 4 heteroatoms. The average Bonchev–Trinajstić information content (AvgIpc) is 2.72. The van der Waals surface area contributed by atoms with Crippen LogP contribution in [0.2, 0.25) is 0 Å². The molecule has 3 rings (SSSR count). The summed E-state index contributed by atoms with van der Waals surface area (Å²) in [7, 11) is 0. The van der Waals surface area contributed by atoms with Gasteiger partial charge in [-0.2, -0.15) is 0 Å². The molecule has 1 amide bonds. The molecule has 2 aliphatic rings. The Kier molecular flexibility index (Phi) is 5.42. The maximum absolute atomic E-state index is 12.9. The molecule has 0 bridgehead atoms. The molecule has 1 unspecified atom stereocenters. The molecule has 1 aromatic rings. The molecule has 2 aliphatic heterocycles. The zero-order valence-electron chi connectivity index (χ0n) is 13.5. The highest BCUT2D eigenvalue weighted by Crippen LogP contribution is 2.36. The molecule has 0 N–H and O–H groups in total. The minimum Gasteiger partial charge on any atom is -0.308 e. The van der Waals surface area contributed by atoms with Crippen molar-refractivity contribution >= 4 is 23.4 Å². The second kappa shape index (κ2) is 7.51. The van der Waals surface area contributed by atoms with Crippen LogP contribution in [0.4, 0.5) is 5.69 Å². The van der Waals surface area contributed by atoms with E-state index in [-0.39, 0.29) is 5.91 Å². The van der Waals surface area contributed by atoms with Crippen LogP contribution in [0.3, 0.4) is 0 Å². The molecular weight excluding hydrogens is 292 g/mol. The van der Waals surface area contributed by atoms with Gasteiger partial charge in [-0.15, -0.1) is 11.8 Å². The van der Waals surface area contributed by atoms with Gasteiger partial charge in [0.25, 0.3) is 0 Å². The van der Waals surface area contributed by atoms with Crippen molar-refractivity contribution in [2.24, 2.45) is 0 Å². The monoisotopic (exact) mass is 318 g/mol. The first-order valence-electron chi connectivity index (χ1n) is 8.52. The molecule has 1 saturated heterocycles. The maximum atomic E-state index is 12.9. The molecule has 3 nitrogen and oxygen atoms in total. The second-order valence-electron chi connectivity index (χ2n) is 6.37. The number of benzene rings is 1. The van der Waals surface area contributed by atoms with E-state index in [4.69, 9.17) is 0 Å². The quantitative estimate of drug-likeness (QED) is 0.847. The van der Waals surface area contributed by atoms with Gasteiger partial charge < -0.3 is 9.80 Å². The third-order valence-corrected chi connectivity index (χ3v) is 5.81. The lowest BCUT2D eigenvalue weighted by atomic mass is 10.1. The van der Waals surface area contributed by atoms with Crippen molar-refractivity contribution in [1.29, 1.82) is 0 Å². The first kappa shape index (κ1) is 15.9. The van der Waals surface area contributed by atoms with E-state index < -0.39 is 0 Å². The first-order valence-corrected chi connectivity index (χ1v) is 9.50. The summed E-state index contributed by atoms with van der Waals surface area (Å²) in [5, 5.41) is 0. The summed E-state index contributed by atoms with van der Waals surface area (Å²) in [5.41, 5.74) is 1.11. The number of rotatable bonds is 3. The van der Waals surface area contributed by atoms with Crippen LogP contribution in [-0.4, -0.2) is 42.2 Å². The van der Waals surface area contributed by atoms with E-state index in [1.807, 2.05) is 17.8 Å². The van der Waals surface area contributed by atoms with Crippen molar-refractivity contribution in [3.05, 3.63) is 24.3 Å². The number of amides is 1. The predicted molar refractivity (Wildman–Crippen MR) is 93.6 cm³/mol. The zero-order chi connectivity index (χ0) is 15.4. The Morgan fingerprint density at radius 3 is 2.82 bits per heavy atom. The predicted octanol–water partition coefficient (Wildman–Crippen LogP) is 3.78. The molecule has 0 aliphatic carbocycles. The summed E-state index contributed by atoms with van der Waals surface area (Å²) in [5.74, 6) is 1.38. The van der Waals surface area contributed by atoms with Crippen LogP contribution in [-0.2, 0) is 4.79 Å². The number of fused-ring (bicyclic) bond motifs is 1. The number of carbonyl (C=O) groups excluding carboxylic acids is 1. The SMILES string of the molecule is CC1CCSc2ccccc2N1C(=O)CCN1CCCCC1. The van der Waals surface area contributed by atoms with E-state index in [1.165, 1.54) is 24.2 Å². The van der Waals surface area contributed by atoms with E-state index in [2.05, 4.69) is 34.9 Å². The summed E-state index contributed by atoms with van der Waals surface area (Å²) < 4.78 is 0. The third-order valence-electron chi connectivity index (χ3n) is 4.72. The van der Waals surface area contributed by atoms with E-state index in [1.54, 1.807) is 0 Å². The van der Waals surface area contributed by atoms with Crippen molar-refractivity contribution in [2.75, 3.05) is 30.3 Å². The van der Waals surface area contributed by atoms with Crippen LogP contribution in [0.25, 0.3) is 0 Å². The topological polar surface area (TPSA) is 23.6 Å². The van der Waals surface area contributed by atoms with Gasteiger partial charge in [-0.05, 0) is 51.4 Å². The number of anilines is 1. The number of nitrogens with zero attached hydrogens (tertiary/aromatic N) is 2. The zero-order valence-corrected chi connectivity index (χ0v) is 14.3. The smallest absolute Gasteiger partial charge is 0.228 e. The van der Waals surface area contributed by atoms with Gasteiger partial charge in [-0.25, -0.2) is 0 Å². The van der Waals surface area contributed by atoms with Gasteiger partial charge in [-0.3, -0.25) is 4.79 Å². The molecule has 0 saturated carbocycles. The molecular formula is C18H26N2OS. The summed E-state index contributed by atoms with van der Waals surface area (Å²) in [6, 6.07) is 8.65. The number of hydrogen-bond acceptors (Lipinski definition) is 3. The molecule has 2 heterocycles. The molecule has 1 aromatic carbocycles. The van der Waals surface area contributed by atoms with Crippen molar-refractivity contribution < 1.29 is 4.79 Å². The van der Waals surface area contributed by atoms with Gasteiger partial charge in [0.2, 0.25) is 5.91 Å². The molecule has 1 atom stereocenters. The Morgan fingerprint density at radius 2 is 2.00 bits per heavy atom. The largest absolute Gasteiger partial charge is 0.308 e. The van der Waals surface area contributed by atoms with E-state index in [0.29, 0.717) is 12.5 Å². The van der Waals surface area contributed by atoms with E-state index in [0.717, 1.165) is 37.5 Å². The van der Waals surface area contributed by atoms with Crippen molar-refractivity contribution in [3.8, 4) is 0 Å². The van der Waals surface area contributed by atoms with Crippen LogP contribution < -0.4 is 4.90 Å². The molecule has 0 radical (unpaired) electrons. The van der Waals surface area contributed by atoms with Crippen LogP contribution in [0.15, 0.2) is 29.2 Å². The van der Waals surface area contributed by atoms with Gasteiger partial charge in [0, 0.05) is 29.7 Å². The third kappa shape index (κ3) is 3.66. The number of hydrogen-bond donors (Lipinski definition) is 0. The van der Waals surface area contributed by atoms with E-state index in [9.17, 15) is 4.79 Å². The Bertz CT molecular complexity index is 514. The number of thioether (sulfide) groups is 1. The van der Waals surface area contributed by atoms with E-state index >= 15 is 0 Å². The first-order chi connectivity index (χ1) is 10.8. The van der Waals surface area contributed by atoms with Gasteiger partial charge >= 0.3 is 0 Å². The average molecular weight is 318 g/mol. The maximum Gasteiger partial charge on any atom is 0.228 e. The summed E-state index contributed by atoms with van der Waals surface area (Å²) in [6.07, 6.45) is 5.62. The number of likely N-dealkylation sites (tertiary alicyclic amines) is 1. The number of para-hydroxylation sites is 1. The summed E-state index contributed by atoms with van der Waals surface area (Å²) >= 11 is 1.88. The molecule has 0 aromatic heterocycles. The Labute approximate surface area is 138 Å². The van der Waals surface area contributed by atoms with Crippen LogP contribution in [0.5, 0.6) is 0 Å². The van der Waals surface area contributed by atoms with Gasteiger partial charge in [-0.1, -0.05) is 18.6 Å². The van der Waals surface area contributed by atoms with Gasteiger partial charge in [0.1, 0.15) is 0 Å². The Balaban J connectivity index is 1.69.